The first kappa shape index (κ1) is 18.3. The maximum Gasteiger partial charge on any atom is 0.261 e. The highest BCUT2D eigenvalue weighted by Gasteiger charge is 2.30. The second-order valence-electron chi connectivity index (χ2n) is 5.81. The molecule has 1 N–H and O–H groups in total. The third-order valence-electron chi connectivity index (χ3n) is 4.10. The average molecular weight is 351 g/mol. The number of nitrogens with one attached hydrogen (secondary N) is 1. The molecule has 0 saturated carbocycles. The maximum atomic E-state index is 12.6. The molecule has 1 saturated heterocycles. The van der Waals surface area contributed by atoms with E-state index in [1.54, 1.807) is 6.20 Å². The molecule has 3 rings (SSSR count). The van der Waals surface area contributed by atoms with Gasteiger partial charge in [-0.1, -0.05) is 17.7 Å². The first-order valence-electron chi connectivity index (χ1n) is 7.82. The van der Waals surface area contributed by atoms with E-state index in [0.29, 0.717) is 18.8 Å². The van der Waals surface area contributed by atoms with E-state index in [-0.39, 0.29) is 31.0 Å². The number of nitrogens with zero attached hydrogens (tertiary/aromatic N) is 3. The van der Waals surface area contributed by atoms with Crippen molar-refractivity contribution in [3.8, 4) is 5.75 Å². The molecule has 24 heavy (non-hydrogen) atoms. The summed E-state index contributed by atoms with van der Waals surface area (Å²) in [6.07, 6.45) is 3.66. The van der Waals surface area contributed by atoms with Crippen molar-refractivity contribution < 1.29 is 9.53 Å². The summed E-state index contributed by atoms with van der Waals surface area (Å²) in [5.74, 6) is 1.59. The molecule has 1 fully saturated rings. The monoisotopic (exact) mass is 350 g/mol. The van der Waals surface area contributed by atoms with E-state index in [0.717, 1.165) is 12.4 Å². The van der Waals surface area contributed by atoms with Gasteiger partial charge in [0.25, 0.3) is 5.91 Å². The van der Waals surface area contributed by atoms with Gasteiger partial charge in [-0.05, 0) is 19.1 Å². The standard InChI is InChI=1S/C17H22N4O2.ClH/c1-13-3-5-14(6-4-13)23-12-16(22)21-10-7-18-11-15(21)17-19-8-9-20(17)2;/h3-6,8-9,15,18H,7,10-12H2,1-2H3;1H. The number of rotatable bonds is 4. The van der Waals surface area contributed by atoms with Crippen LogP contribution in [0.3, 0.4) is 0 Å². The number of imidazole rings is 1. The van der Waals surface area contributed by atoms with Gasteiger partial charge in [0.2, 0.25) is 0 Å². The largest absolute Gasteiger partial charge is 0.484 e. The maximum absolute atomic E-state index is 12.6. The molecule has 2 aromatic rings. The molecule has 1 atom stereocenters. The Morgan fingerprint density at radius 1 is 1.38 bits per heavy atom. The highest BCUT2D eigenvalue weighted by atomic mass is 35.5. The molecule has 1 aliphatic rings. The van der Waals surface area contributed by atoms with Crippen molar-refractivity contribution in [1.29, 1.82) is 0 Å². The number of aromatic nitrogens is 2. The van der Waals surface area contributed by atoms with Crippen LogP contribution in [0.25, 0.3) is 0 Å². The van der Waals surface area contributed by atoms with Gasteiger partial charge in [0.05, 0.1) is 0 Å². The zero-order valence-corrected chi connectivity index (χ0v) is 14.8. The Balaban J connectivity index is 0.00000208. The van der Waals surface area contributed by atoms with Crippen molar-refractivity contribution in [2.45, 2.75) is 13.0 Å². The number of carbonyl (C=O) groups is 1. The molecule has 1 aromatic carbocycles. The summed E-state index contributed by atoms with van der Waals surface area (Å²) >= 11 is 0. The molecule has 2 heterocycles. The van der Waals surface area contributed by atoms with E-state index < -0.39 is 0 Å². The lowest BCUT2D eigenvalue weighted by Crippen LogP contribution is -2.50. The van der Waals surface area contributed by atoms with Crippen LogP contribution in [0.2, 0.25) is 0 Å². The molecule has 130 valence electrons. The minimum Gasteiger partial charge on any atom is -0.484 e. The van der Waals surface area contributed by atoms with Gasteiger partial charge in [-0.25, -0.2) is 4.98 Å². The normalized spacial score (nSPS) is 17.2. The third kappa shape index (κ3) is 4.07. The molecule has 0 aliphatic carbocycles. The summed E-state index contributed by atoms with van der Waals surface area (Å²) in [5.41, 5.74) is 1.17. The minimum absolute atomic E-state index is 0. The Labute approximate surface area is 148 Å². The van der Waals surface area contributed by atoms with Gasteiger partial charge in [-0.2, -0.15) is 0 Å². The summed E-state index contributed by atoms with van der Waals surface area (Å²) in [6, 6.07) is 7.66. The predicted octanol–water partition coefficient (Wildman–Crippen LogP) is 1.70. The summed E-state index contributed by atoms with van der Waals surface area (Å²) in [5, 5.41) is 3.33. The topological polar surface area (TPSA) is 59.4 Å². The molecule has 7 heteroatoms. The number of amides is 1. The molecule has 0 spiro atoms. The summed E-state index contributed by atoms with van der Waals surface area (Å²) in [7, 11) is 1.95. The quantitative estimate of drug-likeness (QED) is 0.911. The predicted molar refractivity (Wildman–Crippen MR) is 94.5 cm³/mol. The number of carbonyl (C=O) groups excluding carboxylic acids is 1. The van der Waals surface area contributed by atoms with Crippen LogP contribution in [0.15, 0.2) is 36.7 Å². The number of halogens is 1. The van der Waals surface area contributed by atoms with Gasteiger partial charge in [0, 0.05) is 39.1 Å². The van der Waals surface area contributed by atoms with Crippen molar-refractivity contribution in [2.24, 2.45) is 7.05 Å². The number of aryl methyl sites for hydroxylation is 2. The van der Waals surface area contributed by atoms with Gasteiger partial charge in [0.15, 0.2) is 6.61 Å². The first-order valence-corrected chi connectivity index (χ1v) is 7.82. The van der Waals surface area contributed by atoms with Gasteiger partial charge in [-0.15, -0.1) is 12.4 Å². The van der Waals surface area contributed by atoms with Crippen LogP contribution < -0.4 is 10.1 Å². The fourth-order valence-electron chi connectivity index (χ4n) is 2.79. The fraction of sp³-hybridized carbons (Fsp3) is 0.412. The van der Waals surface area contributed by atoms with Gasteiger partial charge >= 0.3 is 0 Å². The Morgan fingerprint density at radius 3 is 2.79 bits per heavy atom. The van der Waals surface area contributed by atoms with Crippen LogP contribution in [0.4, 0.5) is 0 Å². The first-order chi connectivity index (χ1) is 11.1. The lowest BCUT2D eigenvalue weighted by atomic mass is 10.1. The van der Waals surface area contributed by atoms with E-state index in [1.165, 1.54) is 5.56 Å². The molecule has 1 amide bonds. The molecule has 1 aromatic heterocycles. The van der Waals surface area contributed by atoms with Crippen LogP contribution in [-0.2, 0) is 11.8 Å². The molecule has 0 bridgehead atoms. The van der Waals surface area contributed by atoms with Crippen molar-refractivity contribution in [3.63, 3.8) is 0 Å². The SMILES string of the molecule is Cc1ccc(OCC(=O)N2CCNCC2c2nccn2C)cc1.Cl. The van der Waals surface area contributed by atoms with Crippen LogP contribution in [0.5, 0.6) is 5.75 Å². The molecule has 1 aliphatic heterocycles. The molecule has 0 radical (unpaired) electrons. The summed E-state index contributed by atoms with van der Waals surface area (Å²) in [4.78, 5) is 18.8. The summed E-state index contributed by atoms with van der Waals surface area (Å²) < 4.78 is 7.59. The fourth-order valence-corrected chi connectivity index (χ4v) is 2.79. The highest BCUT2D eigenvalue weighted by Crippen LogP contribution is 2.21. The zero-order valence-electron chi connectivity index (χ0n) is 13.9. The molecule has 6 nitrogen and oxygen atoms in total. The lowest BCUT2D eigenvalue weighted by Gasteiger charge is -2.35. The lowest BCUT2D eigenvalue weighted by molar-refractivity contribution is -0.137. The molecular weight excluding hydrogens is 328 g/mol. The second-order valence-corrected chi connectivity index (χ2v) is 5.81. The Kier molecular flexibility index (Phi) is 6.23. The average Bonchev–Trinajstić information content (AvgIpc) is 3.00. The van der Waals surface area contributed by atoms with Gasteiger partial charge < -0.3 is 19.5 Å². The smallest absolute Gasteiger partial charge is 0.261 e. The Morgan fingerprint density at radius 2 is 2.12 bits per heavy atom. The zero-order chi connectivity index (χ0) is 16.2. The Hall–Kier alpha value is -2.05. The number of hydrogen-bond donors (Lipinski definition) is 1. The third-order valence-corrected chi connectivity index (χ3v) is 4.10. The van der Waals surface area contributed by atoms with Gasteiger partial charge in [0.1, 0.15) is 17.6 Å². The van der Waals surface area contributed by atoms with Crippen molar-refractivity contribution in [3.05, 3.63) is 48.0 Å². The van der Waals surface area contributed by atoms with Gasteiger partial charge in [-0.3, -0.25) is 4.79 Å². The van der Waals surface area contributed by atoms with Crippen LogP contribution in [-0.4, -0.2) is 46.6 Å². The van der Waals surface area contributed by atoms with Crippen molar-refractivity contribution >= 4 is 18.3 Å². The van der Waals surface area contributed by atoms with E-state index in [4.69, 9.17) is 4.74 Å². The van der Waals surface area contributed by atoms with E-state index in [9.17, 15) is 4.79 Å². The van der Waals surface area contributed by atoms with Crippen LogP contribution >= 0.6 is 12.4 Å². The number of piperazine rings is 1. The van der Waals surface area contributed by atoms with E-state index in [1.807, 2.05) is 53.9 Å². The van der Waals surface area contributed by atoms with Crippen LogP contribution in [0, 0.1) is 6.92 Å². The van der Waals surface area contributed by atoms with Crippen molar-refractivity contribution in [2.75, 3.05) is 26.2 Å². The minimum atomic E-state index is -0.0575. The number of hydrogen-bond acceptors (Lipinski definition) is 4. The number of ether oxygens (including phenoxy) is 1. The summed E-state index contributed by atoms with van der Waals surface area (Å²) in [6.45, 7) is 4.23. The van der Waals surface area contributed by atoms with E-state index in [2.05, 4.69) is 10.3 Å². The second kappa shape index (κ2) is 8.17. The highest BCUT2D eigenvalue weighted by molar-refractivity contribution is 5.85. The van der Waals surface area contributed by atoms with E-state index >= 15 is 0 Å². The molecular formula is C17H23ClN4O2. The Bertz CT molecular complexity index is 671. The van der Waals surface area contributed by atoms with Crippen LogP contribution in [0.1, 0.15) is 17.4 Å². The number of benzene rings is 1. The van der Waals surface area contributed by atoms with Crippen molar-refractivity contribution in [1.82, 2.24) is 19.8 Å². The molecule has 1 unspecified atom stereocenters.